The van der Waals surface area contributed by atoms with Gasteiger partial charge in [0.2, 0.25) is 16.0 Å². The van der Waals surface area contributed by atoms with Gasteiger partial charge in [-0.3, -0.25) is 14.6 Å². The van der Waals surface area contributed by atoms with E-state index in [9.17, 15) is 35.9 Å². The predicted octanol–water partition coefficient (Wildman–Crippen LogP) is 1.74. The SMILES string of the molecule is C[C@@H](COCCC(=O)N1CCN(c2nnc(C(F)(F)F)s2)CC1)N=C1C=NNC(=O)C1C(F)(F)F. The molecule has 1 saturated heterocycles. The van der Waals surface area contributed by atoms with Crippen LogP contribution in [0.4, 0.5) is 31.5 Å². The fourth-order valence-electron chi connectivity index (χ4n) is 3.33. The molecule has 1 N–H and O–H groups in total. The second-order valence-electron chi connectivity index (χ2n) is 7.69. The molecule has 194 valence electrons. The molecule has 2 aliphatic rings. The quantitative estimate of drug-likeness (QED) is 0.426. The predicted molar refractivity (Wildman–Crippen MR) is 112 cm³/mol. The van der Waals surface area contributed by atoms with Crippen LogP contribution < -0.4 is 10.3 Å². The highest BCUT2D eigenvalue weighted by Gasteiger charge is 2.49. The Morgan fingerprint density at radius 1 is 1.23 bits per heavy atom. The van der Waals surface area contributed by atoms with Crippen molar-refractivity contribution < 1.29 is 40.7 Å². The summed E-state index contributed by atoms with van der Waals surface area (Å²) in [7, 11) is 0. The number of hydrogen-bond acceptors (Lipinski definition) is 9. The minimum absolute atomic E-state index is 0.00312. The number of nitrogens with one attached hydrogen (secondary N) is 1. The Bertz CT molecular complexity index is 973. The normalized spacial score (nSPS) is 21.4. The Kier molecular flexibility index (Phi) is 8.30. The molecule has 17 heteroatoms. The van der Waals surface area contributed by atoms with Crippen molar-refractivity contribution in [3.63, 3.8) is 0 Å². The molecular weight excluding hydrogens is 508 g/mol. The molecule has 3 heterocycles. The Hall–Kier alpha value is -2.82. The number of carbonyl (C=O) groups is 2. The van der Waals surface area contributed by atoms with Crippen molar-refractivity contribution in [2.75, 3.05) is 44.3 Å². The Morgan fingerprint density at radius 2 is 1.91 bits per heavy atom. The average molecular weight is 529 g/mol. The highest BCUT2D eigenvalue weighted by molar-refractivity contribution is 7.15. The van der Waals surface area contributed by atoms with Gasteiger partial charge >= 0.3 is 12.4 Å². The van der Waals surface area contributed by atoms with Gasteiger partial charge in [0.25, 0.3) is 5.91 Å². The highest BCUT2D eigenvalue weighted by Crippen LogP contribution is 2.34. The van der Waals surface area contributed by atoms with E-state index in [1.807, 2.05) is 0 Å². The van der Waals surface area contributed by atoms with Crippen LogP contribution in [-0.4, -0.2) is 90.4 Å². The lowest BCUT2D eigenvalue weighted by Crippen LogP contribution is -2.49. The molecular formula is C18H21F6N7O3S. The van der Waals surface area contributed by atoms with Crippen molar-refractivity contribution in [1.29, 1.82) is 0 Å². The van der Waals surface area contributed by atoms with Gasteiger partial charge in [-0.2, -0.15) is 31.4 Å². The first kappa shape index (κ1) is 26.8. The van der Waals surface area contributed by atoms with Gasteiger partial charge in [-0.1, -0.05) is 11.3 Å². The second kappa shape index (κ2) is 10.8. The topological polar surface area (TPSA) is 112 Å². The third-order valence-electron chi connectivity index (χ3n) is 5.01. The number of hydrogen-bond donors (Lipinski definition) is 1. The van der Waals surface area contributed by atoms with E-state index in [1.165, 1.54) is 6.92 Å². The number of alkyl halides is 6. The summed E-state index contributed by atoms with van der Waals surface area (Å²) in [4.78, 5) is 30.9. The average Bonchev–Trinajstić information content (AvgIpc) is 3.27. The monoisotopic (exact) mass is 529 g/mol. The first-order chi connectivity index (χ1) is 16.4. The smallest absolute Gasteiger partial charge is 0.379 e. The first-order valence-corrected chi connectivity index (χ1v) is 11.2. The molecule has 0 saturated carbocycles. The molecule has 2 atom stereocenters. The van der Waals surface area contributed by atoms with Crippen LogP contribution in [0.5, 0.6) is 0 Å². The molecule has 2 aliphatic heterocycles. The molecule has 1 aromatic heterocycles. The summed E-state index contributed by atoms with van der Waals surface area (Å²) in [5, 5.41) is 9.18. The van der Waals surface area contributed by atoms with Crippen molar-refractivity contribution >= 4 is 40.2 Å². The summed E-state index contributed by atoms with van der Waals surface area (Å²) in [6.45, 7) is 2.57. The minimum Gasteiger partial charge on any atom is -0.379 e. The number of halogens is 6. The van der Waals surface area contributed by atoms with Crippen LogP contribution in [0.1, 0.15) is 18.4 Å². The molecule has 1 aromatic rings. The van der Waals surface area contributed by atoms with Crippen LogP contribution in [0.2, 0.25) is 0 Å². The molecule has 35 heavy (non-hydrogen) atoms. The fraction of sp³-hybridized carbons (Fsp3) is 0.667. The van der Waals surface area contributed by atoms with Gasteiger partial charge < -0.3 is 14.5 Å². The number of nitrogens with zero attached hydrogens (tertiary/aromatic N) is 6. The summed E-state index contributed by atoms with van der Waals surface area (Å²) >= 11 is 0.441. The van der Waals surface area contributed by atoms with Gasteiger partial charge in [-0.15, -0.1) is 10.2 Å². The van der Waals surface area contributed by atoms with Gasteiger partial charge in [0, 0.05) is 26.2 Å². The second-order valence-corrected chi connectivity index (χ2v) is 8.65. The number of aliphatic imine (C=N–C) groups is 1. The maximum Gasteiger partial charge on any atom is 0.445 e. The number of piperazine rings is 1. The van der Waals surface area contributed by atoms with Crippen LogP contribution in [-0.2, 0) is 20.5 Å². The summed E-state index contributed by atoms with van der Waals surface area (Å²) < 4.78 is 82.7. The maximum absolute atomic E-state index is 13.1. The van der Waals surface area contributed by atoms with E-state index in [0.717, 1.165) is 6.21 Å². The summed E-state index contributed by atoms with van der Waals surface area (Å²) in [6.07, 6.45) is -8.53. The number of ether oxygens (including phenoxy) is 1. The Balaban J connectivity index is 1.40. The number of aromatic nitrogens is 2. The van der Waals surface area contributed by atoms with E-state index in [1.54, 1.807) is 15.2 Å². The van der Waals surface area contributed by atoms with E-state index in [2.05, 4.69) is 20.3 Å². The molecule has 0 aliphatic carbocycles. The first-order valence-electron chi connectivity index (χ1n) is 10.3. The van der Waals surface area contributed by atoms with Gasteiger partial charge in [0.15, 0.2) is 5.92 Å². The fourth-order valence-corrected chi connectivity index (χ4v) is 4.09. The van der Waals surface area contributed by atoms with Gasteiger partial charge in [-0.25, -0.2) is 5.43 Å². The van der Waals surface area contributed by atoms with E-state index in [4.69, 9.17) is 4.74 Å². The number of carbonyl (C=O) groups excluding carboxylic acids is 2. The Morgan fingerprint density at radius 3 is 2.51 bits per heavy atom. The minimum atomic E-state index is -4.82. The van der Waals surface area contributed by atoms with Gasteiger partial charge in [-0.05, 0) is 6.92 Å². The van der Waals surface area contributed by atoms with E-state index < -0.39 is 40.9 Å². The molecule has 10 nitrogen and oxygen atoms in total. The van der Waals surface area contributed by atoms with Gasteiger partial charge in [0.05, 0.1) is 37.6 Å². The highest BCUT2D eigenvalue weighted by atomic mass is 32.1. The Labute approximate surface area is 199 Å². The molecule has 1 unspecified atom stereocenters. The zero-order valence-electron chi connectivity index (χ0n) is 18.3. The van der Waals surface area contributed by atoms with Crippen LogP contribution in [0.3, 0.4) is 0 Å². The third kappa shape index (κ3) is 7.09. The van der Waals surface area contributed by atoms with Crippen molar-refractivity contribution in [1.82, 2.24) is 20.5 Å². The van der Waals surface area contributed by atoms with Crippen molar-refractivity contribution in [3.05, 3.63) is 5.01 Å². The van der Waals surface area contributed by atoms with E-state index in [-0.39, 0.29) is 43.8 Å². The lowest BCUT2D eigenvalue weighted by atomic mass is 10.0. The standard InChI is InChI=1S/C18H21F6N7O3S/c1-10(26-11-8-25-27-14(33)13(11)17(19,20)21)9-34-7-2-12(32)30-3-5-31(6-4-30)16-29-28-15(35-16)18(22,23)24/h8,10,13H,2-7,9H2,1H3,(H,27,33)/t10-,13?/m0/s1. The third-order valence-corrected chi connectivity index (χ3v) is 6.03. The molecule has 0 aromatic carbocycles. The maximum atomic E-state index is 13.1. The van der Waals surface area contributed by atoms with Crippen molar-refractivity contribution in [3.8, 4) is 0 Å². The van der Waals surface area contributed by atoms with Crippen molar-refractivity contribution in [2.45, 2.75) is 31.7 Å². The largest absolute Gasteiger partial charge is 0.445 e. The molecule has 0 spiro atoms. The van der Waals surface area contributed by atoms with E-state index >= 15 is 0 Å². The molecule has 3 rings (SSSR count). The summed E-state index contributed by atoms with van der Waals surface area (Å²) in [5.74, 6) is -3.96. The van der Waals surface area contributed by atoms with Crippen LogP contribution >= 0.6 is 11.3 Å². The zero-order chi connectivity index (χ0) is 25.8. The van der Waals surface area contributed by atoms with Crippen LogP contribution in [0.25, 0.3) is 0 Å². The summed E-state index contributed by atoms with van der Waals surface area (Å²) in [5.41, 5.74) is 1.23. The number of rotatable bonds is 7. The van der Waals surface area contributed by atoms with Crippen LogP contribution in [0, 0.1) is 5.92 Å². The number of hydrazone groups is 1. The lowest BCUT2D eigenvalue weighted by molar-refractivity contribution is -0.168. The lowest BCUT2D eigenvalue weighted by Gasteiger charge is -2.34. The molecule has 2 amide bonds. The zero-order valence-corrected chi connectivity index (χ0v) is 19.1. The number of amides is 2. The summed E-state index contributed by atoms with van der Waals surface area (Å²) in [6, 6.07) is -0.723. The molecule has 0 bridgehead atoms. The molecule has 0 radical (unpaired) electrons. The number of anilines is 1. The van der Waals surface area contributed by atoms with Crippen LogP contribution in [0.15, 0.2) is 10.1 Å². The molecule has 1 fully saturated rings. The van der Waals surface area contributed by atoms with Crippen molar-refractivity contribution in [2.24, 2.45) is 16.0 Å². The van der Waals surface area contributed by atoms with E-state index in [0.29, 0.717) is 24.4 Å². The van der Waals surface area contributed by atoms with Gasteiger partial charge in [0.1, 0.15) is 0 Å².